The number of aromatic nitrogens is 4. The van der Waals surface area contributed by atoms with Crippen LogP contribution in [0.3, 0.4) is 0 Å². The summed E-state index contributed by atoms with van der Waals surface area (Å²) in [6.07, 6.45) is -1.83. The maximum Gasteiger partial charge on any atom is 0.433 e. The van der Waals surface area contributed by atoms with Crippen molar-refractivity contribution in [1.82, 2.24) is 19.9 Å². The summed E-state index contributed by atoms with van der Waals surface area (Å²) in [5.74, 6) is 0.778. The third-order valence-electron chi connectivity index (χ3n) is 6.93. The molecular weight excluding hydrogens is 524 g/mol. The molecular formula is C26H27F6N7. The van der Waals surface area contributed by atoms with E-state index in [2.05, 4.69) is 20.2 Å². The summed E-state index contributed by atoms with van der Waals surface area (Å²) in [6, 6.07) is 4.45. The Morgan fingerprint density at radius 2 is 1.49 bits per heavy atom. The van der Waals surface area contributed by atoms with Crippen molar-refractivity contribution in [3.05, 3.63) is 59.2 Å². The number of nitrogens with zero attached hydrogens (tertiary/aromatic N) is 6. The SMILES string of the molecule is FC(F)(F)c1ccc(Nc2nc(N3CCCCCC3)nc3c2CCN(c2ncccc2C(F)(F)F)CC3)cn1. The number of fused-ring (bicyclic) bond motifs is 1. The first-order valence-electron chi connectivity index (χ1n) is 12.8. The highest BCUT2D eigenvalue weighted by Gasteiger charge is 2.36. The normalized spacial score (nSPS) is 16.9. The van der Waals surface area contributed by atoms with Crippen molar-refractivity contribution in [1.29, 1.82) is 0 Å². The second kappa shape index (κ2) is 10.9. The van der Waals surface area contributed by atoms with E-state index in [-0.39, 0.29) is 18.9 Å². The number of hydrogen-bond donors (Lipinski definition) is 1. The van der Waals surface area contributed by atoms with Crippen LogP contribution in [0.25, 0.3) is 0 Å². The van der Waals surface area contributed by atoms with E-state index in [4.69, 9.17) is 9.97 Å². The monoisotopic (exact) mass is 551 g/mol. The summed E-state index contributed by atoms with van der Waals surface area (Å²) >= 11 is 0. The van der Waals surface area contributed by atoms with Gasteiger partial charge in [0.25, 0.3) is 0 Å². The van der Waals surface area contributed by atoms with Gasteiger partial charge in [0.15, 0.2) is 0 Å². The molecule has 7 nitrogen and oxygen atoms in total. The summed E-state index contributed by atoms with van der Waals surface area (Å²) in [6.45, 7) is 2.05. The van der Waals surface area contributed by atoms with Crippen molar-refractivity contribution in [2.75, 3.05) is 41.3 Å². The third kappa shape index (κ3) is 6.17. The average Bonchev–Trinajstić information content (AvgIpc) is 3.30. The molecule has 208 valence electrons. The van der Waals surface area contributed by atoms with Crippen LogP contribution in [0.2, 0.25) is 0 Å². The number of nitrogens with one attached hydrogen (secondary N) is 1. The van der Waals surface area contributed by atoms with E-state index in [1.54, 1.807) is 4.90 Å². The third-order valence-corrected chi connectivity index (χ3v) is 6.93. The van der Waals surface area contributed by atoms with Gasteiger partial charge >= 0.3 is 12.4 Å². The van der Waals surface area contributed by atoms with Gasteiger partial charge in [0.2, 0.25) is 5.95 Å². The Morgan fingerprint density at radius 3 is 2.15 bits per heavy atom. The molecule has 0 unspecified atom stereocenters. The van der Waals surface area contributed by atoms with Gasteiger partial charge < -0.3 is 15.1 Å². The highest BCUT2D eigenvalue weighted by Crippen LogP contribution is 2.37. The fraction of sp³-hybridized carbons (Fsp3) is 0.462. The number of pyridine rings is 2. The van der Waals surface area contributed by atoms with Gasteiger partial charge in [-0.25, -0.2) is 15.0 Å². The van der Waals surface area contributed by atoms with Crippen LogP contribution in [0, 0.1) is 0 Å². The predicted octanol–water partition coefficient (Wildman–Crippen LogP) is 6.03. The predicted molar refractivity (Wildman–Crippen MR) is 134 cm³/mol. The summed E-state index contributed by atoms with van der Waals surface area (Å²) in [7, 11) is 0. The van der Waals surface area contributed by atoms with E-state index < -0.39 is 23.6 Å². The van der Waals surface area contributed by atoms with Crippen LogP contribution in [-0.2, 0) is 25.2 Å². The van der Waals surface area contributed by atoms with Crippen LogP contribution in [0.5, 0.6) is 0 Å². The van der Waals surface area contributed by atoms with Crippen molar-refractivity contribution in [3.8, 4) is 0 Å². The van der Waals surface area contributed by atoms with Crippen LogP contribution in [0.4, 0.5) is 49.6 Å². The zero-order valence-electron chi connectivity index (χ0n) is 21.0. The van der Waals surface area contributed by atoms with Crippen molar-refractivity contribution >= 4 is 23.3 Å². The quantitative estimate of drug-likeness (QED) is 0.397. The van der Waals surface area contributed by atoms with E-state index in [0.717, 1.165) is 57.1 Å². The fourth-order valence-electron chi connectivity index (χ4n) is 4.96. The summed E-state index contributed by atoms with van der Waals surface area (Å²) in [4.78, 5) is 20.8. The maximum atomic E-state index is 13.7. The van der Waals surface area contributed by atoms with Gasteiger partial charge in [-0.15, -0.1) is 0 Å². The number of alkyl halides is 6. The second-order valence-electron chi connectivity index (χ2n) is 9.61. The topological polar surface area (TPSA) is 70.1 Å². The highest BCUT2D eigenvalue weighted by atomic mass is 19.4. The summed E-state index contributed by atoms with van der Waals surface area (Å²) < 4.78 is 80.1. The number of anilines is 4. The molecule has 0 bridgehead atoms. The van der Waals surface area contributed by atoms with Gasteiger partial charge in [0, 0.05) is 44.4 Å². The molecule has 1 N–H and O–H groups in total. The Morgan fingerprint density at radius 1 is 0.744 bits per heavy atom. The van der Waals surface area contributed by atoms with Gasteiger partial charge in [0.1, 0.15) is 17.3 Å². The standard InChI is InChI=1S/C26H27F6N7/c27-25(28,29)19-6-5-11-33-23(19)38-14-9-18-20(10-15-38)36-24(39-12-3-1-2-4-13-39)37-22(18)35-17-7-8-21(34-16-17)26(30,31)32/h5-8,11,16H,1-4,9-10,12-15H2,(H,35,36,37). The molecule has 39 heavy (non-hydrogen) atoms. The molecule has 13 heteroatoms. The zero-order valence-corrected chi connectivity index (χ0v) is 21.0. The fourth-order valence-corrected chi connectivity index (χ4v) is 4.96. The molecule has 2 aliphatic rings. The van der Waals surface area contributed by atoms with Crippen LogP contribution in [0.1, 0.15) is 48.2 Å². The van der Waals surface area contributed by atoms with Gasteiger partial charge in [-0.3, -0.25) is 0 Å². The average molecular weight is 552 g/mol. The molecule has 1 fully saturated rings. The first kappa shape index (κ1) is 26.9. The molecule has 0 amide bonds. The molecule has 5 heterocycles. The Balaban J connectivity index is 1.48. The van der Waals surface area contributed by atoms with E-state index in [0.29, 0.717) is 41.6 Å². The first-order valence-corrected chi connectivity index (χ1v) is 12.8. The minimum Gasteiger partial charge on any atom is -0.355 e. The molecule has 0 saturated carbocycles. The second-order valence-corrected chi connectivity index (χ2v) is 9.61. The smallest absolute Gasteiger partial charge is 0.355 e. The zero-order chi connectivity index (χ0) is 27.6. The van der Waals surface area contributed by atoms with Gasteiger partial charge in [-0.2, -0.15) is 31.3 Å². The lowest BCUT2D eigenvalue weighted by Crippen LogP contribution is -2.29. The molecule has 2 aliphatic heterocycles. The molecule has 0 radical (unpaired) electrons. The van der Waals surface area contributed by atoms with Crippen molar-refractivity contribution < 1.29 is 26.3 Å². The Bertz CT molecular complexity index is 1290. The summed E-state index contributed by atoms with van der Waals surface area (Å²) in [5, 5.41) is 3.10. The lowest BCUT2D eigenvalue weighted by Gasteiger charge is -2.24. The number of hydrogen-bond acceptors (Lipinski definition) is 7. The lowest BCUT2D eigenvalue weighted by atomic mass is 10.1. The van der Waals surface area contributed by atoms with Crippen molar-refractivity contribution in [3.63, 3.8) is 0 Å². The van der Waals surface area contributed by atoms with Crippen molar-refractivity contribution in [2.24, 2.45) is 0 Å². The Kier molecular flexibility index (Phi) is 7.50. The Labute approximate surface area is 221 Å². The van der Waals surface area contributed by atoms with Gasteiger partial charge in [-0.1, -0.05) is 12.8 Å². The minimum absolute atomic E-state index is 0.139. The van der Waals surface area contributed by atoms with Gasteiger partial charge in [0.05, 0.1) is 23.1 Å². The molecule has 0 aliphatic carbocycles. The number of halogens is 6. The van der Waals surface area contributed by atoms with Crippen LogP contribution >= 0.6 is 0 Å². The van der Waals surface area contributed by atoms with E-state index in [1.807, 2.05) is 0 Å². The van der Waals surface area contributed by atoms with Crippen LogP contribution < -0.4 is 15.1 Å². The molecule has 0 aromatic carbocycles. The molecule has 3 aromatic rings. The van der Waals surface area contributed by atoms with E-state index in [9.17, 15) is 26.3 Å². The van der Waals surface area contributed by atoms with Crippen LogP contribution in [-0.4, -0.2) is 46.1 Å². The van der Waals surface area contributed by atoms with Crippen LogP contribution in [0.15, 0.2) is 36.7 Å². The molecule has 1 saturated heterocycles. The molecule has 5 rings (SSSR count). The van der Waals surface area contributed by atoms with Gasteiger partial charge in [-0.05, 0) is 43.5 Å². The molecule has 0 spiro atoms. The first-order chi connectivity index (χ1) is 18.6. The highest BCUT2D eigenvalue weighted by molar-refractivity contribution is 5.62. The molecule has 0 atom stereocenters. The lowest BCUT2D eigenvalue weighted by molar-refractivity contribution is -0.141. The number of rotatable bonds is 4. The summed E-state index contributed by atoms with van der Waals surface area (Å²) in [5.41, 5.74) is -0.0947. The largest absolute Gasteiger partial charge is 0.433 e. The maximum absolute atomic E-state index is 13.7. The van der Waals surface area contributed by atoms with E-state index >= 15 is 0 Å². The van der Waals surface area contributed by atoms with E-state index in [1.165, 1.54) is 18.3 Å². The Hall–Kier alpha value is -3.64. The van der Waals surface area contributed by atoms with Crippen molar-refractivity contribution in [2.45, 2.75) is 50.9 Å². The molecule has 3 aromatic heterocycles. The minimum atomic E-state index is -4.56.